The van der Waals surface area contributed by atoms with Crippen molar-refractivity contribution in [3.05, 3.63) is 46.8 Å². The zero-order valence-electron chi connectivity index (χ0n) is 10.9. The molecule has 0 radical (unpaired) electrons. The van der Waals surface area contributed by atoms with Crippen LogP contribution in [0.15, 0.2) is 28.8 Å². The molecule has 0 saturated carbocycles. The van der Waals surface area contributed by atoms with E-state index in [1.807, 2.05) is 31.2 Å². The van der Waals surface area contributed by atoms with Crippen molar-refractivity contribution in [3.8, 4) is 5.75 Å². The molecule has 1 aliphatic carbocycles. The summed E-state index contributed by atoms with van der Waals surface area (Å²) in [5.41, 5.74) is 3.07. The van der Waals surface area contributed by atoms with Gasteiger partial charge < -0.3 is 14.4 Å². The van der Waals surface area contributed by atoms with Crippen LogP contribution in [0.4, 0.5) is 0 Å². The normalized spacial score (nSPS) is 18.1. The number of rotatable bonds is 3. The lowest BCUT2D eigenvalue weighted by Crippen LogP contribution is -2.09. The first-order valence-corrected chi connectivity index (χ1v) is 6.58. The maximum atomic E-state index is 9.99. The van der Waals surface area contributed by atoms with Gasteiger partial charge in [-0.05, 0) is 49.4 Å². The number of benzene rings is 1. The fourth-order valence-corrected chi connectivity index (χ4v) is 2.48. The number of fused-ring (bicyclic) bond motifs is 1. The average molecular weight is 259 g/mol. The van der Waals surface area contributed by atoms with E-state index in [1.54, 1.807) is 0 Å². The van der Waals surface area contributed by atoms with E-state index in [-0.39, 0.29) is 6.10 Å². The van der Waals surface area contributed by atoms with Gasteiger partial charge in [-0.15, -0.1) is 0 Å². The molecule has 1 heterocycles. The van der Waals surface area contributed by atoms with Crippen LogP contribution in [0.1, 0.15) is 41.5 Å². The van der Waals surface area contributed by atoms with Crippen molar-refractivity contribution in [1.29, 1.82) is 0 Å². The summed E-state index contributed by atoms with van der Waals surface area (Å²) in [6, 6.07) is 7.77. The van der Waals surface area contributed by atoms with Gasteiger partial charge in [-0.2, -0.15) is 0 Å². The lowest BCUT2D eigenvalue weighted by molar-refractivity contribution is 0.155. The van der Waals surface area contributed by atoms with Crippen molar-refractivity contribution in [2.75, 3.05) is 0 Å². The Balaban J connectivity index is 1.73. The highest BCUT2D eigenvalue weighted by atomic mass is 16.5. The Labute approximate surface area is 112 Å². The van der Waals surface area contributed by atoms with E-state index in [1.165, 1.54) is 5.56 Å². The van der Waals surface area contributed by atoms with Crippen molar-refractivity contribution in [3.63, 3.8) is 0 Å². The zero-order valence-corrected chi connectivity index (χ0v) is 10.9. The number of aryl methyl sites for hydroxylation is 2. The van der Waals surface area contributed by atoms with Crippen LogP contribution in [-0.2, 0) is 13.0 Å². The molecule has 0 aliphatic heterocycles. The minimum absolute atomic E-state index is 0.357. The number of hydrogen-bond acceptors (Lipinski definition) is 4. The molecule has 1 aliphatic rings. The second-order valence-electron chi connectivity index (χ2n) is 4.99. The van der Waals surface area contributed by atoms with Crippen molar-refractivity contribution in [1.82, 2.24) is 5.16 Å². The smallest absolute Gasteiger partial charge is 0.174 e. The molecule has 4 heteroatoms. The van der Waals surface area contributed by atoms with Gasteiger partial charge in [0, 0.05) is 6.07 Å². The van der Waals surface area contributed by atoms with Crippen LogP contribution >= 0.6 is 0 Å². The maximum absolute atomic E-state index is 9.99. The van der Waals surface area contributed by atoms with Crippen LogP contribution in [0.5, 0.6) is 5.75 Å². The molecule has 0 fully saturated rings. The molecular weight excluding hydrogens is 242 g/mol. The summed E-state index contributed by atoms with van der Waals surface area (Å²) in [4.78, 5) is 0. The van der Waals surface area contributed by atoms with Gasteiger partial charge in [0.05, 0.1) is 11.8 Å². The molecular formula is C15H17NO3. The zero-order chi connectivity index (χ0) is 13.2. The van der Waals surface area contributed by atoms with Crippen molar-refractivity contribution in [2.45, 2.75) is 38.9 Å². The van der Waals surface area contributed by atoms with Crippen LogP contribution < -0.4 is 4.74 Å². The molecule has 1 atom stereocenters. The summed E-state index contributed by atoms with van der Waals surface area (Å²) in [6.07, 6.45) is 2.55. The van der Waals surface area contributed by atoms with Gasteiger partial charge in [0.1, 0.15) is 12.4 Å². The first kappa shape index (κ1) is 12.2. The molecule has 100 valence electrons. The molecule has 2 aromatic rings. The van der Waals surface area contributed by atoms with Gasteiger partial charge in [-0.25, -0.2) is 0 Å². The van der Waals surface area contributed by atoms with Gasteiger partial charge >= 0.3 is 0 Å². The molecule has 0 amide bonds. The summed E-state index contributed by atoms with van der Waals surface area (Å²) < 4.78 is 10.8. The molecule has 0 saturated heterocycles. The van der Waals surface area contributed by atoms with Gasteiger partial charge in [0.2, 0.25) is 0 Å². The Bertz CT molecular complexity index is 577. The van der Waals surface area contributed by atoms with Gasteiger partial charge in [0.25, 0.3) is 0 Å². The summed E-state index contributed by atoms with van der Waals surface area (Å²) in [5.74, 6) is 1.46. The lowest BCUT2D eigenvalue weighted by Gasteiger charge is -2.21. The van der Waals surface area contributed by atoms with E-state index in [0.29, 0.717) is 12.4 Å². The summed E-state index contributed by atoms with van der Waals surface area (Å²) in [7, 11) is 0. The van der Waals surface area contributed by atoms with Gasteiger partial charge in [-0.1, -0.05) is 11.2 Å². The molecule has 4 nitrogen and oxygen atoms in total. The Hall–Kier alpha value is -1.81. The molecule has 0 spiro atoms. The Morgan fingerprint density at radius 3 is 3.11 bits per heavy atom. The topological polar surface area (TPSA) is 55.5 Å². The minimum Gasteiger partial charge on any atom is -0.486 e. The molecule has 1 N–H and O–H groups in total. The lowest BCUT2D eigenvalue weighted by atomic mass is 9.89. The number of aliphatic hydroxyl groups is 1. The fourth-order valence-electron chi connectivity index (χ4n) is 2.48. The molecule has 1 aromatic carbocycles. The number of nitrogens with zero attached hydrogens (tertiary/aromatic N) is 1. The van der Waals surface area contributed by atoms with E-state index in [0.717, 1.165) is 36.3 Å². The molecule has 3 rings (SSSR count). The molecule has 0 bridgehead atoms. The molecule has 19 heavy (non-hydrogen) atoms. The fraction of sp³-hybridized carbons (Fsp3) is 0.400. The third-order valence-electron chi connectivity index (χ3n) is 3.46. The number of aliphatic hydroxyl groups excluding tert-OH is 1. The van der Waals surface area contributed by atoms with E-state index >= 15 is 0 Å². The quantitative estimate of drug-likeness (QED) is 0.920. The maximum Gasteiger partial charge on any atom is 0.174 e. The van der Waals surface area contributed by atoms with E-state index in [2.05, 4.69) is 5.16 Å². The number of ether oxygens (including phenoxy) is 1. The second-order valence-corrected chi connectivity index (χ2v) is 4.99. The first-order chi connectivity index (χ1) is 9.22. The third-order valence-corrected chi connectivity index (χ3v) is 3.46. The SMILES string of the molecule is Cc1cc(COc2ccc3c(c2)C(O)CCC3)on1. The highest BCUT2D eigenvalue weighted by Crippen LogP contribution is 2.32. The van der Waals surface area contributed by atoms with E-state index in [9.17, 15) is 5.11 Å². The van der Waals surface area contributed by atoms with Crippen LogP contribution in [0.25, 0.3) is 0 Å². The summed E-state index contributed by atoms with van der Waals surface area (Å²) in [5, 5.41) is 13.8. The van der Waals surface area contributed by atoms with Crippen LogP contribution in [0, 0.1) is 6.92 Å². The summed E-state index contributed by atoms with van der Waals surface area (Å²) >= 11 is 0. The third kappa shape index (κ3) is 2.63. The predicted molar refractivity (Wildman–Crippen MR) is 69.9 cm³/mol. The average Bonchev–Trinajstić information content (AvgIpc) is 2.83. The van der Waals surface area contributed by atoms with Crippen molar-refractivity contribution < 1.29 is 14.4 Å². The minimum atomic E-state index is -0.361. The highest BCUT2D eigenvalue weighted by Gasteiger charge is 2.18. The highest BCUT2D eigenvalue weighted by molar-refractivity contribution is 5.38. The van der Waals surface area contributed by atoms with Crippen molar-refractivity contribution >= 4 is 0 Å². The van der Waals surface area contributed by atoms with Gasteiger partial charge in [0.15, 0.2) is 5.76 Å². The van der Waals surface area contributed by atoms with Crippen molar-refractivity contribution in [2.24, 2.45) is 0 Å². The monoisotopic (exact) mass is 259 g/mol. The second kappa shape index (κ2) is 5.05. The molecule has 1 unspecified atom stereocenters. The van der Waals surface area contributed by atoms with Crippen LogP contribution in [0.2, 0.25) is 0 Å². The van der Waals surface area contributed by atoms with Gasteiger partial charge in [-0.3, -0.25) is 0 Å². The van der Waals surface area contributed by atoms with Crippen LogP contribution in [0.3, 0.4) is 0 Å². The predicted octanol–water partition coefficient (Wildman–Crippen LogP) is 2.93. The Morgan fingerprint density at radius 2 is 2.32 bits per heavy atom. The number of aromatic nitrogens is 1. The first-order valence-electron chi connectivity index (χ1n) is 6.58. The summed E-state index contributed by atoms with van der Waals surface area (Å²) in [6.45, 7) is 2.23. The largest absolute Gasteiger partial charge is 0.486 e. The van der Waals surface area contributed by atoms with E-state index in [4.69, 9.17) is 9.26 Å². The van der Waals surface area contributed by atoms with E-state index < -0.39 is 0 Å². The molecule has 1 aromatic heterocycles. The standard InChI is InChI=1S/C15H17NO3/c1-10-7-13(19-16-10)9-18-12-6-5-11-3-2-4-15(17)14(11)8-12/h5-8,15,17H,2-4,9H2,1H3. The Kier molecular flexibility index (Phi) is 3.25. The number of hydrogen-bond donors (Lipinski definition) is 1. The Morgan fingerprint density at radius 1 is 1.42 bits per heavy atom. The van der Waals surface area contributed by atoms with Crippen LogP contribution in [-0.4, -0.2) is 10.3 Å².